The van der Waals surface area contributed by atoms with Gasteiger partial charge in [-0.1, -0.05) is 25.5 Å². The highest BCUT2D eigenvalue weighted by atomic mass is 16.5. The van der Waals surface area contributed by atoms with Gasteiger partial charge in [0.2, 0.25) is 11.8 Å². The minimum Gasteiger partial charge on any atom is -0.548 e. The van der Waals surface area contributed by atoms with E-state index in [1.807, 2.05) is 0 Å². The quantitative estimate of drug-likeness (QED) is 0.391. The van der Waals surface area contributed by atoms with E-state index in [9.17, 15) is 19.5 Å². The second kappa shape index (κ2) is 13.4. The molecule has 0 bridgehead atoms. The Labute approximate surface area is 209 Å². The maximum Gasteiger partial charge on any atom is 0.246 e. The van der Waals surface area contributed by atoms with Crippen molar-refractivity contribution in [3.05, 3.63) is 11.6 Å². The molecule has 0 saturated carbocycles. The lowest BCUT2D eigenvalue weighted by atomic mass is 9.69. The van der Waals surface area contributed by atoms with Gasteiger partial charge in [-0.2, -0.15) is 0 Å². The van der Waals surface area contributed by atoms with Crippen molar-refractivity contribution in [2.75, 3.05) is 52.5 Å². The van der Waals surface area contributed by atoms with Crippen LogP contribution in [0.3, 0.4) is 0 Å². The summed E-state index contributed by atoms with van der Waals surface area (Å²) < 4.78 is 4.82. The highest BCUT2D eigenvalue weighted by Crippen LogP contribution is 2.39. The zero-order chi connectivity index (χ0) is 25.4. The van der Waals surface area contributed by atoms with Crippen molar-refractivity contribution in [1.29, 1.82) is 0 Å². The molecule has 35 heavy (non-hydrogen) atoms. The highest BCUT2D eigenvalue weighted by Gasteiger charge is 2.34. The zero-order valence-corrected chi connectivity index (χ0v) is 21.7. The third kappa shape index (κ3) is 8.29. The number of allylic oxidation sites excluding steroid dienone is 1. The first-order valence-corrected chi connectivity index (χ1v) is 13.3. The van der Waals surface area contributed by atoms with Crippen LogP contribution in [0.5, 0.6) is 0 Å². The topological polar surface area (TPSA) is 119 Å². The van der Waals surface area contributed by atoms with Crippen LogP contribution in [-0.4, -0.2) is 86.2 Å². The number of amides is 2. The number of hydrogen-bond donors (Lipinski definition) is 2. The summed E-state index contributed by atoms with van der Waals surface area (Å²) >= 11 is 0. The van der Waals surface area contributed by atoms with E-state index in [-0.39, 0.29) is 30.3 Å². The molecule has 198 valence electrons. The summed E-state index contributed by atoms with van der Waals surface area (Å²) in [6.07, 6.45) is 8.19. The average molecular weight is 493 g/mol. The average Bonchev–Trinajstić information content (AvgIpc) is 2.84. The molecule has 1 aliphatic carbocycles. The summed E-state index contributed by atoms with van der Waals surface area (Å²) in [7, 11) is 0. The number of carboxylic acid groups (broad SMARTS) is 1. The van der Waals surface area contributed by atoms with Gasteiger partial charge in [0.05, 0.1) is 19.1 Å². The predicted molar refractivity (Wildman–Crippen MR) is 130 cm³/mol. The molecular weight excluding hydrogens is 448 g/mol. The molecule has 0 aromatic rings. The summed E-state index contributed by atoms with van der Waals surface area (Å²) in [5, 5.41) is 15.7. The van der Waals surface area contributed by atoms with Crippen molar-refractivity contribution in [2.24, 2.45) is 23.7 Å². The number of aliphatic carboxylic acids is 1. The van der Waals surface area contributed by atoms with E-state index >= 15 is 0 Å². The van der Waals surface area contributed by atoms with Crippen molar-refractivity contribution in [3.8, 4) is 0 Å². The minimum atomic E-state index is -1.34. The van der Waals surface area contributed by atoms with E-state index in [1.165, 1.54) is 31.4 Å². The van der Waals surface area contributed by atoms with Crippen molar-refractivity contribution in [2.45, 2.75) is 59.0 Å². The summed E-state index contributed by atoms with van der Waals surface area (Å²) in [5.41, 5.74) is 1.22. The van der Waals surface area contributed by atoms with Gasteiger partial charge in [-0.15, -0.1) is 0 Å². The number of carbonyl (C=O) groups is 3. The maximum absolute atomic E-state index is 13.2. The molecule has 2 aliphatic heterocycles. The molecule has 2 fully saturated rings. The number of carboxylic acids is 1. The van der Waals surface area contributed by atoms with E-state index in [0.29, 0.717) is 31.0 Å². The van der Waals surface area contributed by atoms with Gasteiger partial charge in [-0.3, -0.25) is 14.5 Å². The lowest BCUT2D eigenvalue weighted by molar-refractivity contribution is -0.717. The van der Waals surface area contributed by atoms with Gasteiger partial charge in [0, 0.05) is 45.6 Å². The van der Waals surface area contributed by atoms with Gasteiger partial charge in [0.15, 0.2) is 0 Å². The van der Waals surface area contributed by atoms with Gasteiger partial charge >= 0.3 is 0 Å². The van der Waals surface area contributed by atoms with Crippen molar-refractivity contribution < 1.29 is 29.5 Å². The Morgan fingerprint density at radius 1 is 1.17 bits per heavy atom. The molecule has 0 radical (unpaired) electrons. The van der Waals surface area contributed by atoms with Crippen molar-refractivity contribution in [1.82, 2.24) is 15.1 Å². The van der Waals surface area contributed by atoms with Crippen LogP contribution in [0.2, 0.25) is 0 Å². The van der Waals surface area contributed by atoms with Crippen LogP contribution in [0.15, 0.2) is 11.6 Å². The molecule has 2 saturated heterocycles. The smallest absolute Gasteiger partial charge is 0.246 e. The van der Waals surface area contributed by atoms with Crippen molar-refractivity contribution >= 4 is 17.8 Å². The molecular formula is C26H44N4O5. The number of nitrogens with two attached hydrogens (primary N) is 1. The predicted octanol–water partition coefficient (Wildman–Crippen LogP) is -0.669. The third-order valence-corrected chi connectivity index (χ3v) is 8.02. The molecule has 0 aromatic heterocycles. The molecule has 0 spiro atoms. The van der Waals surface area contributed by atoms with Gasteiger partial charge in [0.1, 0.15) is 12.8 Å². The molecule has 2 amide bonds. The Morgan fingerprint density at radius 2 is 1.91 bits per heavy atom. The summed E-state index contributed by atoms with van der Waals surface area (Å²) in [4.78, 5) is 40.2. The fourth-order valence-corrected chi connectivity index (χ4v) is 5.92. The number of piperidine rings is 1. The summed E-state index contributed by atoms with van der Waals surface area (Å²) in [6, 6.07) is 0. The van der Waals surface area contributed by atoms with E-state index in [1.54, 1.807) is 0 Å². The van der Waals surface area contributed by atoms with Crippen LogP contribution in [-0.2, 0) is 19.1 Å². The van der Waals surface area contributed by atoms with E-state index in [4.69, 9.17) is 4.74 Å². The number of piperazine rings is 1. The normalized spacial score (nSPS) is 28.0. The first-order chi connectivity index (χ1) is 16.7. The van der Waals surface area contributed by atoms with Gasteiger partial charge in [-0.25, -0.2) is 0 Å². The maximum atomic E-state index is 13.2. The number of ether oxygens (including phenoxy) is 1. The fraction of sp³-hybridized carbons (Fsp3) is 0.808. The molecule has 3 N–H and O–H groups in total. The lowest BCUT2D eigenvalue weighted by Gasteiger charge is -2.40. The molecule has 2 heterocycles. The molecule has 4 atom stereocenters. The van der Waals surface area contributed by atoms with Crippen LogP contribution < -0.4 is 15.7 Å². The summed E-state index contributed by atoms with van der Waals surface area (Å²) in [6.45, 7) is 10.9. The highest BCUT2D eigenvalue weighted by molar-refractivity contribution is 5.78. The standard InChI is InChI=1S/C26H44N4O5/c1-18(2)22-13-20(19(3)12-21(22)15-28-24(31)16-35-17-26(33)34)14-25(32)30-10-8-29(9-11-30)23-6-4-5-7-27-23/h12,18,20-23,27H,4-11,13-17H2,1-3H3,(H,28,31)(H,33,34). The SMILES string of the molecule is CC1=CC(CNC(=O)COCC(=O)[O-])C(C(C)C)CC1CC(=O)N1CCN(C2CCCC[NH2+]2)CC1. The number of nitrogens with one attached hydrogen (secondary N) is 1. The van der Waals surface area contributed by atoms with Crippen LogP contribution >= 0.6 is 0 Å². The Balaban J connectivity index is 1.48. The van der Waals surface area contributed by atoms with Crippen LogP contribution in [0.4, 0.5) is 0 Å². The van der Waals surface area contributed by atoms with E-state index in [2.05, 4.69) is 47.3 Å². The van der Waals surface area contributed by atoms with Crippen LogP contribution in [0.25, 0.3) is 0 Å². The first kappa shape index (κ1) is 27.6. The second-order valence-corrected chi connectivity index (χ2v) is 10.8. The Morgan fingerprint density at radius 3 is 2.54 bits per heavy atom. The monoisotopic (exact) mass is 492 g/mol. The number of nitrogens with zero attached hydrogens (tertiary/aromatic N) is 2. The molecule has 3 rings (SSSR count). The molecule has 3 aliphatic rings. The molecule has 4 unspecified atom stereocenters. The van der Waals surface area contributed by atoms with Crippen LogP contribution in [0, 0.1) is 23.7 Å². The molecule has 0 aromatic carbocycles. The Kier molecular flexibility index (Phi) is 10.5. The number of rotatable bonds is 10. The zero-order valence-electron chi connectivity index (χ0n) is 21.7. The Hall–Kier alpha value is -1.97. The fourth-order valence-electron chi connectivity index (χ4n) is 5.92. The van der Waals surface area contributed by atoms with Gasteiger partial charge < -0.3 is 30.2 Å². The number of hydrogen-bond acceptors (Lipinski definition) is 6. The third-order valence-electron chi connectivity index (χ3n) is 8.02. The lowest BCUT2D eigenvalue weighted by Crippen LogP contribution is -2.95. The van der Waals surface area contributed by atoms with Gasteiger partial charge in [0.25, 0.3) is 0 Å². The molecule has 9 nitrogen and oxygen atoms in total. The van der Waals surface area contributed by atoms with Gasteiger partial charge in [-0.05, 0) is 49.9 Å². The van der Waals surface area contributed by atoms with Crippen LogP contribution in [0.1, 0.15) is 52.9 Å². The number of carbonyl (C=O) groups excluding carboxylic acids is 3. The largest absolute Gasteiger partial charge is 0.548 e. The van der Waals surface area contributed by atoms with E-state index < -0.39 is 12.6 Å². The second-order valence-electron chi connectivity index (χ2n) is 10.8. The molecule has 9 heteroatoms. The first-order valence-electron chi connectivity index (χ1n) is 13.3. The minimum absolute atomic E-state index is 0.182. The van der Waals surface area contributed by atoms with Crippen molar-refractivity contribution in [3.63, 3.8) is 0 Å². The Bertz CT molecular complexity index is 757. The summed E-state index contributed by atoms with van der Waals surface area (Å²) in [5.74, 6) is -0.215. The van der Waals surface area contributed by atoms with E-state index in [0.717, 1.165) is 32.6 Å². The number of quaternary nitrogens is 1.